The summed E-state index contributed by atoms with van der Waals surface area (Å²) in [6.45, 7) is 1.65. The van der Waals surface area contributed by atoms with Crippen LogP contribution in [0.15, 0.2) is 53.5 Å². The van der Waals surface area contributed by atoms with Gasteiger partial charge in [0.15, 0.2) is 0 Å². The summed E-state index contributed by atoms with van der Waals surface area (Å²) in [6.07, 6.45) is 0. The van der Waals surface area contributed by atoms with E-state index in [1.54, 1.807) is 31.2 Å². The van der Waals surface area contributed by atoms with Crippen LogP contribution in [0, 0.1) is 0 Å². The minimum atomic E-state index is -0.681. The number of amides is 2. The molecule has 140 valence electrons. The smallest absolute Gasteiger partial charge is 0.292 e. The van der Waals surface area contributed by atoms with E-state index in [1.807, 2.05) is 43.3 Å². The number of nitrogens with zero attached hydrogens (tertiary/aromatic N) is 3. The zero-order valence-corrected chi connectivity index (χ0v) is 16.0. The third-order valence-corrected chi connectivity index (χ3v) is 4.27. The molecule has 1 unspecified atom stereocenters. The minimum absolute atomic E-state index is 0.0515. The van der Waals surface area contributed by atoms with Crippen molar-refractivity contribution in [3.63, 3.8) is 0 Å². The number of halogens is 1. The Balaban J connectivity index is 1.86. The molecule has 0 spiro atoms. The number of aliphatic imine (C=N–C) groups is 1. The molecule has 0 fully saturated rings. The molecule has 2 aromatic rings. The van der Waals surface area contributed by atoms with Crippen LogP contribution in [0.5, 0.6) is 0 Å². The van der Waals surface area contributed by atoms with E-state index in [4.69, 9.17) is 11.6 Å². The summed E-state index contributed by atoms with van der Waals surface area (Å²) in [7, 11) is 3.74. The molecule has 0 saturated heterocycles. The van der Waals surface area contributed by atoms with Crippen molar-refractivity contribution in [3.05, 3.63) is 53.6 Å². The van der Waals surface area contributed by atoms with Crippen LogP contribution in [0.25, 0.3) is 0 Å². The minimum Gasteiger partial charge on any atom is -0.376 e. The summed E-state index contributed by atoms with van der Waals surface area (Å²) in [5, 5.41) is 4.65. The SMILES string of the molecule is CC1N=C(C(=O)Nc2cc(Cl)ccc2N(C)C)NN(c2ccccc2)C1=O. The maximum atomic E-state index is 12.8. The highest BCUT2D eigenvalue weighted by Gasteiger charge is 2.31. The predicted molar refractivity (Wildman–Crippen MR) is 108 cm³/mol. The Labute approximate surface area is 162 Å². The van der Waals surface area contributed by atoms with Gasteiger partial charge in [0.1, 0.15) is 6.04 Å². The molecule has 27 heavy (non-hydrogen) atoms. The van der Waals surface area contributed by atoms with Crippen molar-refractivity contribution in [1.82, 2.24) is 5.43 Å². The molecule has 8 heteroatoms. The predicted octanol–water partition coefficient (Wildman–Crippen LogP) is 2.68. The Morgan fingerprint density at radius 1 is 1.22 bits per heavy atom. The van der Waals surface area contributed by atoms with Crippen LogP contribution in [0.2, 0.25) is 5.02 Å². The fourth-order valence-electron chi connectivity index (χ4n) is 2.68. The Bertz CT molecular complexity index is 898. The van der Waals surface area contributed by atoms with Gasteiger partial charge in [0.2, 0.25) is 5.84 Å². The average molecular weight is 386 g/mol. The van der Waals surface area contributed by atoms with Gasteiger partial charge in [-0.3, -0.25) is 15.0 Å². The first-order valence-electron chi connectivity index (χ1n) is 8.38. The lowest BCUT2D eigenvalue weighted by Crippen LogP contribution is -2.57. The van der Waals surface area contributed by atoms with Crippen LogP contribution in [-0.4, -0.2) is 37.8 Å². The first kappa shape index (κ1) is 18.7. The topological polar surface area (TPSA) is 77.0 Å². The summed E-state index contributed by atoms with van der Waals surface area (Å²) >= 11 is 6.07. The van der Waals surface area contributed by atoms with E-state index in [2.05, 4.69) is 15.7 Å². The lowest BCUT2D eigenvalue weighted by Gasteiger charge is -2.30. The van der Waals surface area contributed by atoms with E-state index >= 15 is 0 Å². The summed E-state index contributed by atoms with van der Waals surface area (Å²) in [5.74, 6) is -0.647. The molecule has 1 atom stereocenters. The van der Waals surface area contributed by atoms with Gasteiger partial charge in [-0.05, 0) is 37.3 Å². The summed E-state index contributed by atoms with van der Waals surface area (Å²) < 4.78 is 0. The number of hydrazine groups is 1. The van der Waals surface area contributed by atoms with Crippen molar-refractivity contribution in [2.75, 3.05) is 29.3 Å². The number of carbonyl (C=O) groups is 2. The molecule has 0 saturated carbocycles. The maximum Gasteiger partial charge on any atom is 0.292 e. The zero-order chi connectivity index (χ0) is 19.6. The first-order chi connectivity index (χ1) is 12.9. The molecule has 3 rings (SSSR count). The van der Waals surface area contributed by atoms with Gasteiger partial charge in [-0.2, -0.15) is 0 Å². The largest absolute Gasteiger partial charge is 0.376 e. The van der Waals surface area contributed by atoms with Crippen molar-refractivity contribution in [1.29, 1.82) is 0 Å². The van der Waals surface area contributed by atoms with Gasteiger partial charge in [-0.15, -0.1) is 0 Å². The van der Waals surface area contributed by atoms with Gasteiger partial charge >= 0.3 is 0 Å². The maximum absolute atomic E-state index is 12.8. The van der Waals surface area contributed by atoms with Crippen molar-refractivity contribution in [2.24, 2.45) is 4.99 Å². The Hall–Kier alpha value is -3.06. The Kier molecular flexibility index (Phi) is 5.32. The van der Waals surface area contributed by atoms with Crippen LogP contribution in [0.3, 0.4) is 0 Å². The molecule has 2 N–H and O–H groups in total. The molecule has 0 radical (unpaired) electrons. The van der Waals surface area contributed by atoms with E-state index in [0.717, 1.165) is 5.69 Å². The quantitative estimate of drug-likeness (QED) is 0.848. The van der Waals surface area contributed by atoms with Crippen LogP contribution in [-0.2, 0) is 9.59 Å². The van der Waals surface area contributed by atoms with Crippen LogP contribution < -0.4 is 20.7 Å². The molecule has 2 amide bonds. The molecule has 0 aromatic heterocycles. The first-order valence-corrected chi connectivity index (χ1v) is 8.76. The number of amidine groups is 1. The second-order valence-corrected chi connectivity index (χ2v) is 6.72. The van der Waals surface area contributed by atoms with Gasteiger partial charge in [0.25, 0.3) is 11.8 Å². The highest BCUT2D eigenvalue weighted by molar-refractivity contribution is 6.44. The van der Waals surface area contributed by atoms with Crippen LogP contribution in [0.1, 0.15) is 6.92 Å². The fraction of sp³-hybridized carbons (Fsp3) is 0.211. The van der Waals surface area contributed by atoms with Crippen molar-refractivity contribution >= 4 is 46.3 Å². The number of rotatable bonds is 4. The number of carbonyl (C=O) groups excluding carboxylic acids is 2. The number of hydrogen-bond acceptors (Lipinski definition) is 5. The molecule has 0 aliphatic carbocycles. The number of para-hydroxylation sites is 1. The third kappa shape index (κ3) is 4.03. The second kappa shape index (κ2) is 7.67. The molecule has 0 bridgehead atoms. The van der Waals surface area contributed by atoms with E-state index in [0.29, 0.717) is 16.4 Å². The van der Waals surface area contributed by atoms with Gasteiger partial charge in [-0.25, -0.2) is 10.0 Å². The summed E-state index contributed by atoms with van der Waals surface area (Å²) in [6, 6.07) is 13.6. The molecule has 1 heterocycles. The normalized spacial score (nSPS) is 16.4. The second-order valence-electron chi connectivity index (χ2n) is 6.28. The number of nitrogens with one attached hydrogen (secondary N) is 2. The highest BCUT2D eigenvalue weighted by Crippen LogP contribution is 2.28. The van der Waals surface area contributed by atoms with Gasteiger partial charge in [0.05, 0.1) is 17.1 Å². The average Bonchev–Trinajstić information content (AvgIpc) is 2.64. The van der Waals surface area contributed by atoms with Crippen molar-refractivity contribution < 1.29 is 9.59 Å². The van der Waals surface area contributed by atoms with Gasteiger partial charge in [-0.1, -0.05) is 29.8 Å². The standard InChI is InChI=1S/C19H20ClN5O2/c1-12-19(27)25(14-7-5-4-6-8-14)23-17(21-12)18(26)22-15-11-13(20)9-10-16(15)24(2)3/h4-12H,1-3H3,(H,21,23)(H,22,26). The van der Waals surface area contributed by atoms with Crippen LogP contribution >= 0.6 is 11.6 Å². The van der Waals surface area contributed by atoms with Gasteiger partial charge in [0, 0.05) is 19.1 Å². The Morgan fingerprint density at radius 3 is 2.59 bits per heavy atom. The zero-order valence-electron chi connectivity index (χ0n) is 15.2. The molecule has 7 nitrogen and oxygen atoms in total. The van der Waals surface area contributed by atoms with E-state index in [9.17, 15) is 9.59 Å². The Morgan fingerprint density at radius 2 is 1.93 bits per heavy atom. The third-order valence-electron chi connectivity index (χ3n) is 4.04. The van der Waals surface area contributed by atoms with Crippen molar-refractivity contribution in [2.45, 2.75) is 13.0 Å². The van der Waals surface area contributed by atoms with E-state index < -0.39 is 11.9 Å². The van der Waals surface area contributed by atoms with Crippen LogP contribution in [0.4, 0.5) is 17.1 Å². The summed E-state index contributed by atoms with van der Waals surface area (Å²) in [4.78, 5) is 31.3. The lowest BCUT2D eigenvalue weighted by atomic mass is 10.2. The lowest BCUT2D eigenvalue weighted by molar-refractivity contribution is -0.120. The molecule has 1 aliphatic rings. The van der Waals surface area contributed by atoms with E-state index in [1.165, 1.54) is 5.01 Å². The van der Waals surface area contributed by atoms with Gasteiger partial charge < -0.3 is 10.2 Å². The highest BCUT2D eigenvalue weighted by atomic mass is 35.5. The van der Waals surface area contributed by atoms with Crippen molar-refractivity contribution in [3.8, 4) is 0 Å². The molecular formula is C19H20ClN5O2. The number of anilines is 3. The fourth-order valence-corrected chi connectivity index (χ4v) is 2.86. The summed E-state index contributed by atoms with van der Waals surface area (Å²) in [5.41, 5.74) is 4.79. The molecular weight excluding hydrogens is 366 g/mol. The molecule has 1 aliphatic heterocycles. The molecule has 2 aromatic carbocycles. The number of hydrogen-bond donors (Lipinski definition) is 2. The monoisotopic (exact) mass is 385 g/mol. The number of benzene rings is 2. The van der Waals surface area contributed by atoms with E-state index in [-0.39, 0.29) is 11.7 Å².